The molecule has 0 fully saturated rings. The molecule has 0 unspecified atom stereocenters. The van der Waals surface area contributed by atoms with Crippen LogP contribution < -0.4 is 10.0 Å². The largest absolute Gasteiger partial charge is 0.309 e. The average Bonchev–Trinajstić information content (AvgIpc) is 3.26. The van der Waals surface area contributed by atoms with Gasteiger partial charge in [-0.25, -0.2) is 13.1 Å². The highest BCUT2D eigenvalue weighted by atomic mass is 79.9. The number of carbonyl (C=O) groups excluding carboxylic acids is 1. The van der Waals surface area contributed by atoms with Gasteiger partial charge in [0, 0.05) is 23.5 Å². The fourth-order valence-corrected chi connectivity index (χ4v) is 4.49. The Balaban J connectivity index is 1.51. The number of nitrogens with one attached hydrogen (secondary N) is 3. The molecule has 7 nitrogen and oxygen atoms in total. The fraction of sp³-hybridized carbons (Fsp3) is 0.125. The van der Waals surface area contributed by atoms with Gasteiger partial charge in [-0.2, -0.15) is 5.10 Å². The van der Waals surface area contributed by atoms with Crippen LogP contribution in [0.4, 0.5) is 5.82 Å². The van der Waals surface area contributed by atoms with Crippen molar-refractivity contribution in [2.75, 3.05) is 11.9 Å². The van der Waals surface area contributed by atoms with Crippen molar-refractivity contribution >= 4 is 49.0 Å². The van der Waals surface area contributed by atoms with Gasteiger partial charge in [0.25, 0.3) is 0 Å². The first-order valence-electron chi connectivity index (χ1n) is 7.58. The predicted molar refractivity (Wildman–Crippen MR) is 104 cm³/mol. The summed E-state index contributed by atoms with van der Waals surface area (Å²) in [6, 6.07) is 12.0. The molecule has 0 saturated carbocycles. The van der Waals surface area contributed by atoms with Crippen molar-refractivity contribution in [2.45, 2.75) is 11.3 Å². The molecule has 0 spiro atoms. The van der Waals surface area contributed by atoms with Gasteiger partial charge in [-0.3, -0.25) is 9.89 Å². The van der Waals surface area contributed by atoms with Gasteiger partial charge in [-0.15, -0.1) is 11.3 Å². The maximum atomic E-state index is 12.2. The van der Waals surface area contributed by atoms with E-state index in [9.17, 15) is 13.2 Å². The van der Waals surface area contributed by atoms with Crippen LogP contribution in [0.1, 0.15) is 6.42 Å². The zero-order valence-electron chi connectivity index (χ0n) is 13.4. The third kappa shape index (κ3) is 4.79. The van der Waals surface area contributed by atoms with Crippen molar-refractivity contribution in [1.82, 2.24) is 14.9 Å². The van der Waals surface area contributed by atoms with E-state index in [2.05, 4.69) is 36.2 Å². The van der Waals surface area contributed by atoms with Gasteiger partial charge in [-0.05, 0) is 29.6 Å². The molecule has 26 heavy (non-hydrogen) atoms. The standard InChI is InChI=1S/C16H15BrN4O3S2/c17-11-3-1-4-12(9-11)26(23,24)18-7-6-16(22)19-15-10-13(20-21-15)14-5-2-8-25-14/h1-5,8-10,18H,6-7H2,(H2,19,20,21,22). The first-order chi connectivity index (χ1) is 12.4. The normalized spacial score (nSPS) is 11.4. The molecule has 3 N–H and O–H groups in total. The van der Waals surface area contributed by atoms with E-state index in [4.69, 9.17) is 0 Å². The Hall–Kier alpha value is -2.01. The van der Waals surface area contributed by atoms with E-state index in [0.29, 0.717) is 10.3 Å². The summed E-state index contributed by atoms with van der Waals surface area (Å²) >= 11 is 4.79. The van der Waals surface area contributed by atoms with Crippen LogP contribution in [0, 0.1) is 0 Å². The molecule has 10 heteroatoms. The van der Waals surface area contributed by atoms with Gasteiger partial charge in [0.1, 0.15) is 0 Å². The molecular weight excluding hydrogens is 440 g/mol. The van der Waals surface area contributed by atoms with Crippen molar-refractivity contribution in [1.29, 1.82) is 0 Å². The molecule has 0 aliphatic rings. The first kappa shape index (κ1) is 18.8. The van der Waals surface area contributed by atoms with Gasteiger partial charge >= 0.3 is 0 Å². The highest BCUT2D eigenvalue weighted by molar-refractivity contribution is 9.10. The number of aromatic amines is 1. The van der Waals surface area contributed by atoms with Crippen molar-refractivity contribution in [2.24, 2.45) is 0 Å². The van der Waals surface area contributed by atoms with E-state index in [1.807, 2.05) is 17.5 Å². The molecule has 0 bridgehead atoms. The van der Waals surface area contributed by atoms with E-state index in [-0.39, 0.29) is 23.8 Å². The smallest absolute Gasteiger partial charge is 0.240 e. The van der Waals surface area contributed by atoms with Crippen LogP contribution >= 0.6 is 27.3 Å². The SMILES string of the molecule is O=C(CCNS(=O)(=O)c1cccc(Br)c1)Nc1cc(-c2cccs2)[nH]n1. The van der Waals surface area contributed by atoms with Gasteiger partial charge in [-0.1, -0.05) is 28.1 Å². The molecule has 1 amide bonds. The summed E-state index contributed by atoms with van der Waals surface area (Å²) in [5.41, 5.74) is 0.811. The third-order valence-corrected chi connectivity index (χ3v) is 6.24. The maximum Gasteiger partial charge on any atom is 0.240 e. The van der Waals surface area contributed by atoms with E-state index in [1.165, 1.54) is 12.1 Å². The zero-order valence-corrected chi connectivity index (χ0v) is 16.6. The second kappa shape index (κ2) is 8.12. The second-order valence-corrected chi connectivity index (χ2v) is 8.93. The van der Waals surface area contributed by atoms with Gasteiger partial charge < -0.3 is 5.32 Å². The van der Waals surface area contributed by atoms with Gasteiger partial charge in [0.05, 0.1) is 15.5 Å². The second-order valence-electron chi connectivity index (χ2n) is 5.30. The fourth-order valence-electron chi connectivity index (χ4n) is 2.17. The lowest BCUT2D eigenvalue weighted by Crippen LogP contribution is -2.27. The number of benzene rings is 1. The number of nitrogens with zero attached hydrogens (tertiary/aromatic N) is 1. The van der Waals surface area contributed by atoms with Crippen LogP contribution in [0.2, 0.25) is 0 Å². The number of hydrogen-bond donors (Lipinski definition) is 3. The Morgan fingerprint density at radius 1 is 1.23 bits per heavy atom. The van der Waals surface area contributed by atoms with Gasteiger partial charge in [0.2, 0.25) is 15.9 Å². The topological polar surface area (TPSA) is 104 Å². The minimum atomic E-state index is -3.66. The quantitative estimate of drug-likeness (QED) is 0.509. The summed E-state index contributed by atoms with van der Waals surface area (Å²) in [4.78, 5) is 13.1. The van der Waals surface area contributed by atoms with Crippen molar-refractivity contribution in [3.63, 3.8) is 0 Å². The summed E-state index contributed by atoms with van der Waals surface area (Å²) in [6.07, 6.45) is -0.00553. The highest BCUT2D eigenvalue weighted by Gasteiger charge is 2.15. The summed E-state index contributed by atoms with van der Waals surface area (Å²) in [7, 11) is -3.66. The number of amides is 1. The van der Waals surface area contributed by atoms with E-state index >= 15 is 0 Å². The minimum Gasteiger partial charge on any atom is -0.309 e. The van der Waals surface area contributed by atoms with Crippen molar-refractivity contribution in [3.8, 4) is 10.6 Å². The summed E-state index contributed by atoms with van der Waals surface area (Å²) in [6.45, 7) is -0.0110. The van der Waals surface area contributed by atoms with E-state index in [1.54, 1.807) is 29.5 Å². The van der Waals surface area contributed by atoms with Crippen LogP contribution in [0.25, 0.3) is 10.6 Å². The Labute approximate surface area is 163 Å². The molecule has 0 aliphatic carbocycles. The average molecular weight is 455 g/mol. The Kier molecular flexibility index (Phi) is 5.87. The number of halogens is 1. The van der Waals surface area contributed by atoms with Crippen LogP contribution in [-0.2, 0) is 14.8 Å². The number of hydrogen-bond acceptors (Lipinski definition) is 5. The number of H-pyrrole nitrogens is 1. The first-order valence-corrected chi connectivity index (χ1v) is 10.7. The van der Waals surface area contributed by atoms with Crippen LogP contribution in [0.5, 0.6) is 0 Å². The molecule has 2 heterocycles. The molecule has 136 valence electrons. The molecule has 3 aromatic rings. The zero-order chi connectivity index (χ0) is 18.6. The number of carbonyl (C=O) groups is 1. The molecule has 2 aromatic heterocycles. The Morgan fingerprint density at radius 2 is 2.08 bits per heavy atom. The summed E-state index contributed by atoms with van der Waals surface area (Å²) in [5.74, 6) is 0.0689. The Morgan fingerprint density at radius 3 is 2.81 bits per heavy atom. The number of sulfonamides is 1. The monoisotopic (exact) mass is 454 g/mol. The lowest BCUT2D eigenvalue weighted by atomic mass is 10.3. The minimum absolute atomic E-state index is 0.00553. The third-order valence-electron chi connectivity index (χ3n) is 3.38. The number of thiophene rings is 1. The van der Waals surface area contributed by atoms with E-state index < -0.39 is 10.0 Å². The Bertz CT molecular complexity index is 1000. The van der Waals surface area contributed by atoms with Crippen LogP contribution in [-0.4, -0.2) is 31.1 Å². The summed E-state index contributed by atoms with van der Waals surface area (Å²) < 4.78 is 27.4. The molecule has 1 aromatic carbocycles. The molecular formula is C16H15BrN4O3S2. The number of anilines is 1. The molecule has 3 rings (SSSR count). The van der Waals surface area contributed by atoms with Crippen LogP contribution in [0.3, 0.4) is 0 Å². The lowest BCUT2D eigenvalue weighted by Gasteiger charge is -2.07. The van der Waals surface area contributed by atoms with E-state index in [0.717, 1.165) is 10.6 Å². The highest BCUT2D eigenvalue weighted by Crippen LogP contribution is 2.24. The molecule has 0 radical (unpaired) electrons. The van der Waals surface area contributed by atoms with Crippen molar-refractivity contribution in [3.05, 3.63) is 52.3 Å². The van der Waals surface area contributed by atoms with Crippen molar-refractivity contribution < 1.29 is 13.2 Å². The summed E-state index contributed by atoms with van der Waals surface area (Å²) in [5, 5.41) is 11.5. The molecule has 0 aliphatic heterocycles. The van der Waals surface area contributed by atoms with Gasteiger partial charge in [0.15, 0.2) is 5.82 Å². The maximum absolute atomic E-state index is 12.2. The van der Waals surface area contributed by atoms with Crippen LogP contribution in [0.15, 0.2) is 57.2 Å². The predicted octanol–water partition coefficient (Wildman–Crippen LogP) is 3.21. The molecule has 0 atom stereocenters. The lowest BCUT2D eigenvalue weighted by molar-refractivity contribution is -0.116. The molecule has 0 saturated heterocycles. The number of rotatable bonds is 7. The number of aromatic nitrogens is 2.